The highest BCUT2D eigenvalue weighted by Gasteiger charge is 2.29. The van der Waals surface area contributed by atoms with Crippen molar-refractivity contribution >= 4 is 11.9 Å². The second kappa shape index (κ2) is 6.28. The molecular formula is C16H18N2O5. The molecule has 0 aliphatic carbocycles. The SMILES string of the molecule is Cc1oc(-c2ccco2)nc1CC(=O)N1CCC[C@H](C(=O)O)C1. The summed E-state index contributed by atoms with van der Waals surface area (Å²) in [5.41, 5.74) is 0.554. The number of aromatic nitrogens is 1. The van der Waals surface area contributed by atoms with Crippen LogP contribution in [0.25, 0.3) is 11.7 Å². The highest BCUT2D eigenvalue weighted by Crippen LogP contribution is 2.23. The van der Waals surface area contributed by atoms with Crippen LogP contribution in [-0.2, 0) is 16.0 Å². The second-order valence-electron chi connectivity index (χ2n) is 5.69. The van der Waals surface area contributed by atoms with Gasteiger partial charge in [0.05, 0.1) is 24.3 Å². The lowest BCUT2D eigenvalue weighted by atomic mass is 9.98. The molecule has 0 aromatic carbocycles. The number of carboxylic acids is 1. The smallest absolute Gasteiger partial charge is 0.308 e. The number of nitrogens with zero attached hydrogens (tertiary/aromatic N) is 2. The average molecular weight is 318 g/mol. The molecule has 122 valence electrons. The number of carboxylic acid groups (broad SMARTS) is 1. The molecule has 2 aromatic heterocycles. The Kier molecular flexibility index (Phi) is 4.18. The Hall–Kier alpha value is -2.57. The fourth-order valence-electron chi connectivity index (χ4n) is 2.76. The lowest BCUT2D eigenvalue weighted by Gasteiger charge is -2.30. The third-order valence-electron chi connectivity index (χ3n) is 4.07. The third-order valence-corrected chi connectivity index (χ3v) is 4.07. The number of furan rings is 1. The van der Waals surface area contributed by atoms with Crippen molar-refractivity contribution in [3.63, 3.8) is 0 Å². The summed E-state index contributed by atoms with van der Waals surface area (Å²) in [7, 11) is 0. The molecule has 3 heterocycles. The normalized spacial score (nSPS) is 18.1. The second-order valence-corrected chi connectivity index (χ2v) is 5.69. The zero-order chi connectivity index (χ0) is 16.4. The predicted molar refractivity (Wildman–Crippen MR) is 79.6 cm³/mol. The number of hydrogen-bond acceptors (Lipinski definition) is 5. The fraction of sp³-hybridized carbons (Fsp3) is 0.438. The van der Waals surface area contributed by atoms with E-state index in [4.69, 9.17) is 13.9 Å². The van der Waals surface area contributed by atoms with Gasteiger partial charge in [0.2, 0.25) is 5.91 Å². The molecule has 7 nitrogen and oxygen atoms in total. The van der Waals surface area contributed by atoms with E-state index in [1.54, 1.807) is 24.0 Å². The van der Waals surface area contributed by atoms with Crippen LogP contribution in [0.1, 0.15) is 24.3 Å². The van der Waals surface area contributed by atoms with Crippen molar-refractivity contribution < 1.29 is 23.5 Å². The van der Waals surface area contributed by atoms with Crippen LogP contribution in [0, 0.1) is 12.8 Å². The average Bonchev–Trinajstić information content (AvgIpc) is 3.18. The van der Waals surface area contributed by atoms with E-state index in [1.807, 2.05) is 0 Å². The maximum absolute atomic E-state index is 12.4. The summed E-state index contributed by atoms with van der Waals surface area (Å²) < 4.78 is 10.8. The van der Waals surface area contributed by atoms with Crippen molar-refractivity contribution in [3.05, 3.63) is 29.9 Å². The van der Waals surface area contributed by atoms with E-state index in [1.165, 1.54) is 6.26 Å². The number of aryl methyl sites for hydroxylation is 1. The summed E-state index contributed by atoms with van der Waals surface area (Å²) in [5.74, 6) is -0.0343. The Bertz CT molecular complexity index is 704. The van der Waals surface area contributed by atoms with E-state index in [2.05, 4.69) is 4.98 Å². The third kappa shape index (κ3) is 3.28. The molecule has 2 aromatic rings. The molecular weight excluding hydrogens is 300 g/mol. The zero-order valence-corrected chi connectivity index (χ0v) is 12.8. The van der Waals surface area contributed by atoms with Crippen LogP contribution in [0.2, 0.25) is 0 Å². The van der Waals surface area contributed by atoms with Gasteiger partial charge >= 0.3 is 5.97 Å². The molecule has 1 aliphatic heterocycles. The highest BCUT2D eigenvalue weighted by atomic mass is 16.4. The van der Waals surface area contributed by atoms with Crippen molar-refractivity contribution in [2.45, 2.75) is 26.2 Å². The number of aliphatic carboxylic acids is 1. The Morgan fingerprint density at radius 2 is 2.30 bits per heavy atom. The Balaban J connectivity index is 1.69. The minimum absolute atomic E-state index is 0.0996. The summed E-state index contributed by atoms with van der Waals surface area (Å²) >= 11 is 0. The molecule has 1 aliphatic rings. The number of hydrogen-bond donors (Lipinski definition) is 1. The predicted octanol–water partition coefficient (Wildman–Crippen LogP) is 2.11. The maximum Gasteiger partial charge on any atom is 0.308 e. The number of carbonyl (C=O) groups excluding carboxylic acids is 1. The molecule has 3 rings (SSSR count). The minimum Gasteiger partial charge on any atom is -0.481 e. The van der Waals surface area contributed by atoms with Crippen LogP contribution < -0.4 is 0 Å². The maximum atomic E-state index is 12.4. The van der Waals surface area contributed by atoms with Gasteiger partial charge in [-0.2, -0.15) is 0 Å². The van der Waals surface area contributed by atoms with Crippen LogP contribution in [0.5, 0.6) is 0 Å². The topological polar surface area (TPSA) is 96.8 Å². The summed E-state index contributed by atoms with van der Waals surface area (Å²) in [6, 6.07) is 3.47. The first kappa shape index (κ1) is 15.3. The monoisotopic (exact) mass is 318 g/mol. The zero-order valence-electron chi connectivity index (χ0n) is 12.8. The Morgan fingerprint density at radius 1 is 1.48 bits per heavy atom. The van der Waals surface area contributed by atoms with Crippen LogP contribution in [0.3, 0.4) is 0 Å². The van der Waals surface area contributed by atoms with E-state index < -0.39 is 11.9 Å². The number of amides is 1. The van der Waals surface area contributed by atoms with Gasteiger partial charge in [0.25, 0.3) is 5.89 Å². The van der Waals surface area contributed by atoms with E-state index in [-0.39, 0.29) is 18.9 Å². The molecule has 1 N–H and O–H groups in total. The van der Waals surface area contributed by atoms with E-state index in [0.717, 1.165) is 0 Å². The molecule has 0 bridgehead atoms. The summed E-state index contributed by atoms with van der Waals surface area (Å²) in [6.07, 6.45) is 2.95. The molecule has 0 spiro atoms. The number of carbonyl (C=O) groups is 2. The van der Waals surface area contributed by atoms with E-state index >= 15 is 0 Å². The summed E-state index contributed by atoms with van der Waals surface area (Å²) in [4.78, 5) is 29.4. The van der Waals surface area contributed by atoms with Gasteiger partial charge in [-0.25, -0.2) is 4.98 Å². The van der Waals surface area contributed by atoms with Crippen LogP contribution in [-0.4, -0.2) is 40.0 Å². The van der Waals surface area contributed by atoms with Crippen LogP contribution in [0.15, 0.2) is 27.2 Å². The Morgan fingerprint density at radius 3 is 3.00 bits per heavy atom. The quantitative estimate of drug-likeness (QED) is 0.927. The molecule has 1 amide bonds. The van der Waals surface area contributed by atoms with Gasteiger partial charge in [0, 0.05) is 13.1 Å². The first-order chi connectivity index (χ1) is 11.0. The fourth-order valence-corrected chi connectivity index (χ4v) is 2.76. The molecule has 1 saturated heterocycles. The number of oxazole rings is 1. The van der Waals surface area contributed by atoms with E-state index in [0.29, 0.717) is 42.5 Å². The van der Waals surface area contributed by atoms with Gasteiger partial charge in [0.15, 0.2) is 5.76 Å². The Labute approximate surface area is 132 Å². The molecule has 0 unspecified atom stereocenters. The number of likely N-dealkylation sites (tertiary alicyclic amines) is 1. The van der Waals surface area contributed by atoms with Crippen molar-refractivity contribution in [2.75, 3.05) is 13.1 Å². The number of rotatable bonds is 4. The summed E-state index contributed by atoms with van der Waals surface area (Å²) in [6.45, 7) is 2.60. The van der Waals surface area contributed by atoms with Crippen molar-refractivity contribution in [1.82, 2.24) is 9.88 Å². The molecule has 1 fully saturated rings. The summed E-state index contributed by atoms with van der Waals surface area (Å²) in [5, 5.41) is 9.10. The standard InChI is InChI=1S/C16H18N2O5/c1-10-12(17-15(23-10)13-5-3-7-22-13)8-14(19)18-6-2-4-11(9-18)16(20)21/h3,5,7,11H,2,4,6,8-9H2,1H3,(H,20,21)/t11-/m0/s1. The van der Waals surface area contributed by atoms with Gasteiger partial charge in [0.1, 0.15) is 5.76 Å². The first-order valence-corrected chi connectivity index (χ1v) is 7.55. The van der Waals surface area contributed by atoms with Gasteiger partial charge in [-0.3, -0.25) is 9.59 Å². The van der Waals surface area contributed by atoms with Crippen molar-refractivity contribution in [1.29, 1.82) is 0 Å². The lowest BCUT2D eigenvalue weighted by Crippen LogP contribution is -2.43. The van der Waals surface area contributed by atoms with Gasteiger partial charge < -0.3 is 18.8 Å². The number of piperidine rings is 1. The molecule has 1 atom stereocenters. The molecule has 7 heteroatoms. The lowest BCUT2D eigenvalue weighted by molar-refractivity contribution is -0.145. The van der Waals surface area contributed by atoms with Gasteiger partial charge in [-0.1, -0.05) is 0 Å². The van der Waals surface area contributed by atoms with Crippen LogP contribution in [0.4, 0.5) is 0 Å². The minimum atomic E-state index is -0.847. The van der Waals surface area contributed by atoms with Crippen molar-refractivity contribution in [2.24, 2.45) is 5.92 Å². The molecule has 23 heavy (non-hydrogen) atoms. The molecule has 0 saturated carbocycles. The van der Waals surface area contributed by atoms with Gasteiger partial charge in [-0.15, -0.1) is 0 Å². The highest BCUT2D eigenvalue weighted by molar-refractivity contribution is 5.80. The molecule has 0 radical (unpaired) electrons. The van der Waals surface area contributed by atoms with Gasteiger partial charge in [-0.05, 0) is 31.9 Å². The van der Waals surface area contributed by atoms with E-state index in [9.17, 15) is 9.59 Å². The largest absolute Gasteiger partial charge is 0.481 e. The van der Waals surface area contributed by atoms with Crippen molar-refractivity contribution in [3.8, 4) is 11.7 Å². The van der Waals surface area contributed by atoms with Crippen LogP contribution >= 0.6 is 0 Å². The first-order valence-electron chi connectivity index (χ1n) is 7.55.